The molecule has 3 fully saturated rings. The van der Waals surface area contributed by atoms with Gasteiger partial charge in [-0.05, 0) is 129 Å². The number of nitrogen functional groups attached to an aromatic ring is 1. The minimum Gasteiger partial charge on any atom is -0.414 e. The zero-order valence-electron chi connectivity index (χ0n) is 64.8. The van der Waals surface area contributed by atoms with Crippen LogP contribution in [0.15, 0.2) is 164 Å². The minimum atomic E-state index is -0.978. The number of hydrogen-bond acceptors (Lipinski definition) is 28. The summed E-state index contributed by atoms with van der Waals surface area (Å²) in [5.41, 5.74) is 13.4. The first-order valence-electron chi connectivity index (χ1n) is 35.1. The van der Waals surface area contributed by atoms with Gasteiger partial charge in [-0.25, -0.2) is 44.3 Å². The summed E-state index contributed by atoms with van der Waals surface area (Å²) in [4.78, 5) is 93.8. The van der Waals surface area contributed by atoms with Crippen LogP contribution in [-0.4, -0.2) is 139 Å². The molecule has 3 aliphatic heterocycles. The summed E-state index contributed by atoms with van der Waals surface area (Å²) in [6, 6.07) is 49.8. The summed E-state index contributed by atoms with van der Waals surface area (Å²) in [5, 5.41) is 51.9. The monoisotopic (exact) mass is 1900 g/mol. The number of thiazole rings is 3. The summed E-state index contributed by atoms with van der Waals surface area (Å²) >= 11 is 14.6. The fourth-order valence-corrected chi connectivity index (χ4v) is 13.2. The number of rotatable bonds is 10. The Morgan fingerprint density at radius 2 is 0.871 bits per heavy atom. The average Bonchev–Trinajstić information content (AvgIpc) is 1.72. The fraction of sp³-hybridized carbons (Fsp3) is 0.269. The molecule has 8 N–H and O–H groups in total. The Kier molecular flexibility index (Phi) is 42.8. The zero-order valence-corrected chi connectivity index (χ0v) is 77.3. The molecule has 0 aliphatic carbocycles. The van der Waals surface area contributed by atoms with Gasteiger partial charge in [-0.3, -0.25) is 41.0 Å². The van der Waals surface area contributed by atoms with Crippen LogP contribution < -0.4 is 61.6 Å². The Balaban J connectivity index is 0.000000242. The number of aryl methyl sites for hydroxylation is 6. The van der Waals surface area contributed by atoms with Gasteiger partial charge in [-0.2, -0.15) is 87.1 Å². The molecular formula is C78H83Cl2N18O12S3Y3-3. The summed E-state index contributed by atoms with van der Waals surface area (Å²) in [5.74, 6) is 2.86. The maximum Gasteiger partial charge on any atom is 0.418 e. The van der Waals surface area contributed by atoms with Gasteiger partial charge in [-0.15, -0.1) is 18.2 Å². The second-order valence-electron chi connectivity index (χ2n) is 25.4. The SMILES string of the molecule is CC1CNCCN1.Cc1[c-]cc2sc(N)nc2c1.Cc1[c-]cc2sc(NC(=O)Oc3ccc([N+](=O)[O-])cc3)nc2c1.Cc1[c-]cc2sc(NC(=O)Oc3ccc([N+](=O)[O-])cc3)nc2c1.Cc1cccnc1Cl.Cc1cccnc1N1CCNC(C)C1.Cc1cccnc1N1CCNC(C)C1.O=C(Cl)Oc1ccc([N+](=O)[O-])cc1.[Y].[Y].[Y]. The third-order valence-corrected chi connectivity index (χ3v) is 19.3. The van der Waals surface area contributed by atoms with E-state index in [0.717, 1.165) is 123 Å². The second-order valence-corrected chi connectivity index (χ2v) is 29.2. The van der Waals surface area contributed by atoms with Crippen molar-refractivity contribution in [3.8, 4) is 17.2 Å². The standard InChI is InChI=1S/2C15H10N3O4S.2C11H17N3.C8H7N2S.C7H4ClNO4.C6H6ClN.C5H12N2.3Y/c2*1-9-2-7-13-12(8-9)16-14(23-13)17-15(19)22-11-5-3-10(4-6-11)18(20)21;2*1-9-4-3-5-13-11(9)14-7-6-12-10(2)8-14;1-5-2-3-7-6(4-5)10-8(9)11-7;8-7(10)13-6-3-1-5(2-4-6)9(11)12;1-5-3-2-4-8-6(5)7;1-5-4-6-2-3-7-5;;;/h2*3-8H,1H3,(H,16,17,19);2*3-5,10,12H,6-8H2,1-2H3;3-4H,1H3,(H2,9,10);1-4H;2-4H,1H3;5-7H,2-4H2,1H3;;;/q2*-1;;;-1;;;;;;. The number of nitro benzene ring substituents is 3. The van der Waals surface area contributed by atoms with E-state index in [1.54, 1.807) is 6.20 Å². The first-order valence-corrected chi connectivity index (χ1v) is 38.3. The van der Waals surface area contributed by atoms with E-state index in [4.69, 9.17) is 38.4 Å². The third kappa shape index (κ3) is 33.6. The molecule has 30 nitrogen and oxygen atoms in total. The average molecular weight is 1900 g/mol. The second kappa shape index (κ2) is 50.5. The van der Waals surface area contributed by atoms with E-state index >= 15 is 0 Å². The van der Waals surface area contributed by atoms with Crippen molar-refractivity contribution in [2.45, 2.75) is 80.4 Å². The van der Waals surface area contributed by atoms with E-state index in [0.29, 0.717) is 38.7 Å². The molecule has 38 heteroatoms. The molecule has 3 saturated heterocycles. The quantitative estimate of drug-likeness (QED) is 0.0220. The molecule has 601 valence electrons. The number of carbonyl (C=O) groups excluding carboxylic acids is 3. The van der Waals surface area contributed by atoms with Gasteiger partial charge < -0.3 is 51.0 Å². The number of nitrogens with two attached hydrogens (primary N) is 1. The molecule has 15 rings (SSSR count). The number of ether oxygens (including phenoxy) is 3. The number of nitro groups is 3. The van der Waals surface area contributed by atoms with Gasteiger partial charge in [0.15, 0.2) is 15.4 Å². The molecule has 3 aliphatic rings. The summed E-state index contributed by atoms with van der Waals surface area (Å²) in [6.45, 7) is 28.3. The van der Waals surface area contributed by atoms with Gasteiger partial charge in [-0.1, -0.05) is 64.7 Å². The first-order chi connectivity index (χ1) is 54.1. The Labute approximate surface area is 768 Å². The van der Waals surface area contributed by atoms with Crippen molar-refractivity contribution >= 4 is 150 Å². The summed E-state index contributed by atoms with van der Waals surface area (Å²) in [6.07, 6.45) is 4.00. The number of hydrogen-bond donors (Lipinski definition) is 7. The van der Waals surface area contributed by atoms with Crippen molar-refractivity contribution in [1.29, 1.82) is 0 Å². The van der Waals surface area contributed by atoms with E-state index in [1.807, 2.05) is 101 Å². The van der Waals surface area contributed by atoms with Gasteiger partial charge in [0, 0.05) is 242 Å². The number of benzene rings is 6. The number of piperazine rings is 3. The predicted octanol–water partition coefficient (Wildman–Crippen LogP) is 16.1. The van der Waals surface area contributed by atoms with Crippen LogP contribution in [0.1, 0.15) is 54.2 Å². The van der Waals surface area contributed by atoms with Crippen LogP contribution in [0, 0.1) is 90.1 Å². The summed E-state index contributed by atoms with van der Waals surface area (Å²) in [7, 11) is 0. The largest absolute Gasteiger partial charge is 0.418 e. The molecule has 116 heavy (non-hydrogen) atoms. The molecule has 6 aromatic heterocycles. The van der Waals surface area contributed by atoms with Crippen LogP contribution in [0.4, 0.5) is 58.5 Å². The number of nitrogens with zero attached hydrogens (tertiary/aromatic N) is 11. The van der Waals surface area contributed by atoms with E-state index in [9.17, 15) is 44.7 Å². The van der Waals surface area contributed by atoms with Gasteiger partial charge in [0.1, 0.15) is 34.0 Å². The summed E-state index contributed by atoms with van der Waals surface area (Å²) < 4.78 is 17.5. The van der Waals surface area contributed by atoms with E-state index in [-0.39, 0.29) is 132 Å². The van der Waals surface area contributed by atoms with E-state index < -0.39 is 32.4 Å². The smallest absolute Gasteiger partial charge is 0.414 e. The number of pyridine rings is 3. The van der Waals surface area contributed by atoms with Crippen molar-refractivity contribution in [2.75, 3.05) is 85.1 Å². The topological polar surface area (TPSA) is 390 Å². The van der Waals surface area contributed by atoms with E-state index in [2.05, 4.69) is 141 Å². The maximum atomic E-state index is 11.8. The molecule has 9 heterocycles. The number of anilines is 5. The molecule has 12 aromatic rings. The van der Waals surface area contributed by atoms with Crippen LogP contribution in [0.2, 0.25) is 5.15 Å². The molecular weight excluding hydrogens is 1810 g/mol. The zero-order chi connectivity index (χ0) is 81.5. The number of halogens is 2. The van der Waals surface area contributed by atoms with Crippen LogP contribution >= 0.6 is 57.2 Å². The number of carbonyl (C=O) groups is 3. The number of non-ortho nitro benzene ring substituents is 3. The molecule has 3 radical (unpaired) electrons. The third-order valence-electron chi connectivity index (χ3n) is 16.1. The van der Waals surface area contributed by atoms with Crippen LogP contribution in [0.25, 0.3) is 30.6 Å². The number of aromatic nitrogens is 6. The number of fused-ring (bicyclic) bond motifs is 3. The van der Waals surface area contributed by atoms with Gasteiger partial charge in [0.2, 0.25) is 0 Å². The number of amides is 2. The Bertz CT molecular complexity index is 4920. The van der Waals surface area contributed by atoms with Crippen LogP contribution in [0.3, 0.4) is 0 Å². The van der Waals surface area contributed by atoms with Gasteiger partial charge in [0.05, 0.1) is 14.8 Å². The Morgan fingerprint density at radius 1 is 0.509 bits per heavy atom. The van der Waals surface area contributed by atoms with Crippen LogP contribution in [0.5, 0.6) is 17.2 Å². The van der Waals surface area contributed by atoms with Crippen LogP contribution in [-0.2, 0) is 98.1 Å². The molecule has 0 spiro atoms. The molecule has 3 atom stereocenters. The first kappa shape index (κ1) is 98.4. The van der Waals surface area contributed by atoms with Crippen molar-refractivity contribution in [3.63, 3.8) is 0 Å². The van der Waals surface area contributed by atoms with Crippen molar-refractivity contribution < 1.29 is 141 Å². The van der Waals surface area contributed by atoms with Crippen molar-refractivity contribution in [2.24, 2.45) is 0 Å². The predicted molar refractivity (Wildman–Crippen MR) is 446 cm³/mol. The fourth-order valence-electron chi connectivity index (χ4n) is 10.6. The molecule has 3 unspecified atom stereocenters. The molecule has 6 aromatic carbocycles. The van der Waals surface area contributed by atoms with E-state index in [1.165, 1.54) is 118 Å². The Morgan fingerprint density at radius 3 is 1.19 bits per heavy atom. The molecule has 0 saturated carbocycles. The molecule has 0 bridgehead atoms. The van der Waals surface area contributed by atoms with Crippen molar-refractivity contribution in [3.05, 3.63) is 251 Å². The maximum absolute atomic E-state index is 11.8. The molecule has 2 amide bonds. The number of nitrogens with one attached hydrogen (secondary N) is 6. The van der Waals surface area contributed by atoms with Crippen molar-refractivity contribution in [1.82, 2.24) is 51.2 Å². The normalized spacial score (nSPS) is 14.2. The van der Waals surface area contributed by atoms with Gasteiger partial charge >= 0.3 is 17.6 Å². The minimum absolute atomic E-state index is 0. The van der Waals surface area contributed by atoms with Gasteiger partial charge in [0.25, 0.3) is 17.1 Å². The Hall–Kier alpha value is -8.22.